The molecule has 2 heterocycles. The van der Waals surface area contributed by atoms with Crippen molar-refractivity contribution >= 4 is 30.0 Å². The van der Waals surface area contributed by atoms with E-state index in [1.807, 2.05) is 6.07 Å². The summed E-state index contributed by atoms with van der Waals surface area (Å²) in [6, 6.07) is 13.5. The van der Waals surface area contributed by atoms with Crippen LogP contribution in [0.15, 0.2) is 42.5 Å². The normalized spacial score (nSPS) is 15.3. The van der Waals surface area contributed by atoms with Crippen molar-refractivity contribution in [3.8, 4) is 23.3 Å². The Balaban J connectivity index is 0.00000306. The number of halogens is 1. The van der Waals surface area contributed by atoms with E-state index in [4.69, 9.17) is 19.5 Å². The van der Waals surface area contributed by atoms with Gasteiger partial charge in [-0.25, -0.2) is 4.79 Å². The number of aliphatic hydroxyl groups is 1. The molecule has 4 rings (SSSR count). The van der Waals surface area contributed by atoms with E-state index in [2.05, 4.69) is 5.32 Å². The van der Waals surface area contributed by atoms with Gasteiger partial charge in [-0.15, -0.1) is 12.4 Å². The molecule has 0 radical (unpaired) electrons. The summed E-state index contributed by atoms with van der Waals surface area (Å²) >= 11 is 0. The molecule has 10 nitrogen and oxygen atoms in total. The Morgan fingerprint density at radius 2 is 1.97 bits per heavy atom. The van der Waals surface area contributed by atoms with Crippen LogP contribution in [0.4, 0.5) is 10.5 Å². The van der Waals surface area contributed by atoms with E-state index in [1.54, 1.807) is 42.5 Å². The lowest BCUT2D eigenvalue weighted by atomic mass is 10.2. The largest absolute Gasteiger partial charge is 0.489 e. The minimum absolute atomic E-state index is 0. The molecule has 1 fully saturated rings. The first-order chi connectivity index (χ1) is 15.6. The fourth-order valence-electron chi connectivity index (χ4n) is 3.41. The summed E-state index contributed by atoms with van der Waals surface area (Å²) in [5.74, 6) is 1.25. The predicted molar refractivity (Wildman–Crippen MR) is 120 cm³/mol. The standard InChI is InChI=1S/C22H22N4O6.ClH/c23-10-15-3-1-2-4-18(15)30-13-17(27)11-24-7-8-25-21(28)12-26(22(25)29)16-5-6-19-20(9-16)32-14-31-19;/h1-6,9,17,24,27H,7-8,11-14H2;1H. The smallest absolute Gasteiger partial charge is 0.331 e. The van der Waals surface area contributed by atoms with E-state index in [9.17, 15) is 14.7 Å². The number of rotatable bonds is 9. The number of imide groups is 1. The van der Waals surface area contributed by atoms with Gasteiger partial charge in [-0.05, 0) is 24.3 Å². The Kier molecular flexibility index (Phi) is 7.95. The second kappa shape index (κ2) is 10.9. The van der Waals surface area contributed by atoms with Gasteiger partial charge in [0.2, 0.25) is 6.79 Å². The molecule has 0 aromatic heterocycles. The van der Waals surface area contributed by atoms with Crippen LogP contribution in [-0.4, -0.2) is 67.6 Å². The predicted octanol–water partition coefficient (Wildman–Crippen LogP) is 1.51. The van der Waals surface area contributed by atoms with Crippen LogP contribution in [0.5, 0.6) is 17.2 Å². The summed E-state index contributed by atoms with van der Waals surface area (Å²) in [5, 5.41) is 22.2. The third-order valence-electron chi connectivity index (χ3n) is 5.05. The van der Waals surface area contributed by atoms with Gasteiger partial charge in [-0.2, -0.15) is 5.26 Å². The highest BCUT2D eigenvalue weighted by atomic mass is 35.5. The molecule has 1 unspecified atom stereocenters. The quantitative estimate of drug-likeness (QED) is 0.414. The van der Waals surface area contributed by atoms with Crippen molar-refractivity contribution in [2.45, 2.75) is 6.10 Å². The molecule has 0 spiro atoms. The van der Waals surface area contributed by atoms with Crippen LogP contribution >= 0.6 is 12.4 Å². The van der Waals surface area contributed by atoms with Crippen LogP contribution in [0.25, 0.3) is 0 Å². The Bertz CT molecular complexity index is 1060. The summed E-state index contributed by atoms with van der Waals surface area (Å²) in [6.45, 7) is 0.780. The van der Waals surface area contributed by atoms with Crippen LogP contribution in [0.3, 0.4) is 0 Å². The number of urea groups is 1. The van der Waals surface area contributed by atoms with Crippen LogP contribution in [0, 0.1) is 11.3 Å². The number of ether oxygens (including phenoxy) is 3. The molecule has 0 aliphatic carbocycles. The molecular formula is C22H23ClN4O6. The van der Waals surface area contributed by atoms with Gasteiger partial charge >= 0.3 is 6.03 Å². The van der Waals surface area contributed by atoms with Crippen molar-refractivity contribution < 1.29 is 28.9 Å². The van der Waals surface area contributed by atoms with Gasteiger partial charge in [0.05, 0.1) is 5.56 Å². The summed E-state index contributed by atoms with van der Waals surface area (Å²) in [6.07, 6.45) is -0.822. The zero-order valence-electron chi connectivity index (χ0n) is 17.6. The Morgan fingerprint density at radius 1 is 1.18 bits per heavy atom. The lowest BCUT2D eigenvalue weighted by Gasteiger charge is -2.18. The Hall–Kier alpha value is -3.52. The monoisotopic (exact) mass is 474 g/mol. The molecule has 0 saturated carbocycles. The van der Waals surface area contributed by atoms with Crippen molar-refractivity contribution in [2.24, 2.45) is 0 Å². The van der Waals surface area contributed by atoms with E-state index in [1.165, 1.54) is 9.80 Å². The van der Waals surface area contributed by atoms with Crippen molar-refractivity contribution in [1.29, 1.82) is 5.26 Å². The number of carbonyl (C=O) groups is 2. The summed E-state index contributed by atoms with van der Waals surface area (Å²) in [7, 11) is 0. The molecular weight excluding hydrogens is 452 g/mol. The number of nitrogens with zero attached hydrogens (tertiary/aromatic N) is 3. The number of nitriles is 1. The number of para-hydroxylation sites is 1. The van der Waals surface area contributed by atoms with E-state index in [0.29, 0.717) is 35.0 Å². The van der Waals surface area contributed by atoms with E-state index < -0.39 is 12.1 Å². The summed E-state index contributed by atoms with van der Waals surface area (Å²) in [5.41, 5.74) is 0.957. The Labute approximate surface area is 196 Å². The van der Waals surface area contributed by atoms with Gasteiger partial charge in [-0.1, -0.05) is 12.1 Å². The number of anilines is 1. The van der Waals surface area contributed by atoms with Gasteiger partial charge in [0, 0.05) is 31.4 Å². The molecule has 2 N–H and O–H groups in total. The van der Waals surface area contributed by atoms with Gasteiger partial charge in [0.1, 0.15) is 31.1 Å². The highest BCUT2D eigenvalue weighted by molar-refractivity contribution is 6.12. The number of fused-ring (bicyclic) bond motifs is 1. The van der Waals surface area contributed by atoms with E-state index in [0.717, 1.165) is 0 Å². The number of hydrogen-bond acceptors (Lipinski definition) is 8. The van der Waals surface area contributed by atoms with Crippen molar-refractivity contribution in [2.75, 3.05) is 44.5 Å². The molecule has 2 aliphatic rings. The first kappa shape index (κ1) is 24.1. The van der Waals surface area contributed by atoms with Gasteiger partial charge in [-0.3, -0.25) is 14.6 Å². The second-order valence-electron chi connectivity index (χ2n) is 7.23. The third kappa shape index (κ3) is 5.46. The zero-order valence-corrected chi connectivity index (χ0v) is 18.4. The lowest BCUT2D eigenvalue weighted by Crippen LogP contribution is -2.40. The maximum absolute atomic E-state index is 12.7. The number of amides is 3. The molecule has 174 valence electrons. The Morgan fingerprint density at radius 3 is 2.79 bits per heavy atom. The van der Waals surface area contributed by atoms with Gasteiger partial charge < -0.3 is 24.6 Å². The summed E-state index contributed by atoms with van der Waals surface area (Å²) in [4.78, 5) is 27.6. The highest BCUT2D eigenvalue weighted by Gasteiger charge is 2.37. The average molecular weight is 475 g/mol. The molecule has 2 aromatic carbocycles. The first-order valence-electron chi connectivity index (χ1n) is 10.1. The number of aliphatic hydroxyl groups excluding tert-OH is 1. The highest BCUT2D eigenvalue weighted by Crippen LogP contribution is 2.36. The SMILES string of the molecule is Cl.N#Cc1ccccc1OCC(O)CNCCN1C(=O)CN(c2ccc3c(c2)OCO3)C1=O. The van der Waals surface area contributed by atoms with Crippen molar-refractivity contribution in [3.63, 3.8) is 0 Å². The maximum Gasteiger partial charge on any atom is 0.331 e. The minimum Gasteiger partial charge on any atom is -0.489 e. The molecule has 1 saturated heterocycles. The maximum atomic E-state index is 12.7. The van der Waals surface area contributed by atoms with Crippen LogP contribution < -0.4 is 24.4 Å². The average Bonchev–Trinajstić information content (AvgIpc) is 3.39. The van der Waals surface area contributed by atoms with Crippen molar-refractivity contribution in [1.82, 2.24) is 10.2 Å². The zero-order chi connectivity index (χ0) is 22.5. The lowest BCUT2D eigenvalue weighted by molar-refractivity contribution is -0.124. The van der Waals surface area contributed by atoms with Crippen LogP contribution in [-0.2, 0) is 4.79 Å². The number of nitrogens with one attached hydrogen (secondary N) is 1. The van der Waals surface area contributed by atoms with Crippen LogP contribution in [0.1, 0.15) is 5.56 Å². The molecule has 11 heteroatoms. The molecule has 3 amide bonds. The topological polar surface area (TPSA) is 124 Å². The summed E-state index contributed by atoms with van der Waals surface area (Å²) < 4.78 is 16.1. The van der Waals surface area contributed by atoms with Gasteiger partial charge in [0.25, 0.3) is 5.91 Å². The minimum atomic E-state index is -0.822. The number of benzene rings is 2. The molecule has 2 aliphatic heterocycles. The van der Waals surface area contributed by atoms with Crippen LogP contribution in [0.2, 0.25) is 0 Å². The molecule has 2 aromatic rings. The fourth-order valence-corrected chi connectivity index (χ4v) is 3.41. The first-order valence-corrected chi connectivity index (χ1v) is 10.1. The second-order valence-corrected chi connectivity index (χ2v) is 7.23. The fraction of sp³-hybridized carbons (Fsp3) is 0.318. The molecule has 33 heavy (non-hydrogen) atoms. The number of carbonyl (C=O) groups excluding carboxylic acids is 2. The van der Waals surface area contributed by atoms with E-state index >= 15 is 0 Å². The number of hydrogen-bond donors (Lipinski definition) is 2. The van der Waals surface area contributed by atoms with Gasteiger partial charge in [0.15, 0.2) is 11.5 Å². The molecule has 1 atom stereocenters. The third-order valence-corrected chi connectivity index (χ3v) is 5.05. The van der Waals surface area contributed by atoms with Crippen molar-refractivity contribution in [3.05, 3.63) is 48.0 Å². The van der Waals surface area contributed by atoms with E-state index in [-0.39, 0.29) is 51.3 Å². The molecule has 0 bridgehead atoms.